The number of nitrogens with zero attached hydrogens (tertiary/aromatic N) is 2. The Morgan fingerprint density at radius 2 is 2.00 bits per heavy atom. The van der Waals surface area contributed by atoms with E-state index in [1.807, 2.05) is 6.92 Å². The maximum Gasteiger partial charge on any atom is 0.411 e. The highest BCUT2D eigenvalue weighted by Crippen LogP contribution is 2.14. The molecule has 0 aromatic heterocycles. The molecule has 24 heavy (non-hydrogen) atoms. The normalized spacial score (nSPS) is 18.5. The molecule has 0 spiro atoms. The van der Waals surface area contributed by atoms with Crippen molar-refractivity contribution in [1.29, 1.82) is 0 Å². The van der Waals surface area contributed by atoms with Crippen LogP contribution in [0.15, 0.2) is 4.99 Å². The van der Waals surface area contributed by atoms with Crippen molar-refractivity contribution in [2.24, 2.45) is 4.99 Å². The first-order valence-electron chi connectivity index (χ1n) is 8.41. The number of rotatable bonds is 9. The first-order chi connectivity index (χ1) is 11.4. The second-order valence-corrected chi connectivity index (χ2v) is 5.67. The van der Waals surface area contributed by atoms with Gasteiger partial charge in [0.1, 0.15) is 6.61 Å². The molecule has 0 bridgehead atoms. The average Bonchev–Trinajstić information content (AvgIpc) is 2.55. The summed E-state index contributed by atoms with van der Waals surface area (Å²) >= 11 is 0. The molecule has 0 aromatic rings. The fourth-order valence-corrected chi connectivity index (χ4v) is 2.27. The molecule has 1 saturated heterocycles. The zero-order valence-corrected chi connectivity index (χ0v) is 14.5. The van der Waals surface area contributed by atoms with Gasteiger partial charge in [-0.05, 0) is 20.3 Å². The van der Waals surface area contributed by atoms with Crippen molar-refractivity contribution in [3.63, 3.8) is 0 Å². The third-order valence-corrected chi connectivity index (χ3v) is 3.55. The van der Waals surface area contributed by atoms with Crippen LogP contribution in [0.3, 0.4) is 0 Å². The number of hydrogen-bond acceptors (Lipinski definition) is 4. The molecular formula is C15H29F3N4O2. The molecule has 9 heteroatoms. The molecule has 6 nitrogen and oxygen atoms in total. The van der Waals surface area contributed by atoms with Gasteiger partial charge in [-0.25, -0.2) is 0 Å². The van der Waals surface area contributed by atoms with E-state index < -0.39 is 12.8 Å². The molecule has 0 aromatic carbocycles. The van der Waals surface area contributed by atoms with Crippen molar-refractivity contribution in [3.8, 4) is 0 Å². The number of morpholine rings is 1. The van der Waals surface area contributed by atoms with E-state index in [-0.39, 0.29) is 6.61 Å². The smallest absolute Gasteiger partial charge is 0.379 e. The quantitative estimate of drug-likeness (QED) is 0.371. The summed E-state index contributed by atoms with van der Waals surface area (Å²) in [5.41, 5.74) is 0. The van der Waals surface area contributed by atoms with E-state index in [1.165, 1.54) is 0 Å². The van der Waals surface area contributed by atoms with E-state index >= 15 is 0 Å². The zero-order valence-electron chi connectivity index (χ0n) is 14.5. The maximum absolute atomic E-state index is 11.9. The summed E-state index contributed by atoms with van der Waals surface area (Å²) in [5.74, 6) is 0.674. The Bertz CT molecular complexity index is 361. The standard InChI is InChI=1S/C15H29F3N4O2/c1-3-19-14(20-5-4-8-24-12-15(16,17)18)21-11-13(2)22-6-9-23-10-7-22/h13H,3-12H2,1-2H3,(H2,19,20,21). The lowest BCUT2D eigenvalue weighted by Crippen LogP contribution is -2.44. The van der Waals surface area contributed by atoms with E-state index in [1.54, 1.807) is 0 Å². The predicted octanol–water partition coefficient (Wildman–Crippen LogP) is 1.23. The monoisotopic (exact) mass is 354 g/mol. The highest BCUT2D eigenvalue weighted by molar-refractivity contribution is 5.79. The molecule has 1 fully saturated rings. The third-order valence-electron chi connectivity index (χ3n) is 3.55. The summed E-state index contributed by atoms with van der Waals surface area (Å²) in [7, 11) is 0. The Kier molecular flexibility index (Phi) is 10.0. The van der Waals surface area contributed by atoms with E-state index in [0.717, 1.165) is 32.8 Å². The predicted molar refractivity (Wildman–Crippen MR) is 87.3 cm³/mol. The molecule has 1 aliphatic rings. The molecule has 142 valence electrons. The van der Waals surface area contributed by atoms with E-state index in [0.29, 0.717) is 31.5 Å². The van der Waals surface area contributed by atoms with Crippen LogP contribution in [0.5, 0.6) is 0 Å². The number of halogens is 3. The minimum absolute atomic E-state index is 0.0656. The molecular weight excluding hydrogens is 325 g/mol. The van der Waals surface area contributed by atoms with Crippen LogP contribution in [0.25, 0.3) is 0 Å². The van der Waals surface area contributed by atoms with E-state index in [2.05, 4.69) is 32.2 Å². The SMILES string of the molecule is CCNC(=NCC(C)N1CCOCC1)NCCCOCC(F)(F)F. The molecule has 1 aliphatic heterocycles. The topological polar surface area (TPSA) is 58.1 Å². The summed E-state index contributed by atoms with van der Waals surface area (Å²) in [6, 6.07) is 0.319. The van der Waals surface area contributed by atoms with Gasteiger partial charge in [0.15, 0.2) is 5.96 Å². The van der Waals surface area contributed by atoms with Gasteiger partial charge in [-0.15, -0.1) is 0 Å². The molecule has 0 amide bonds. The molecule has 2 N–H and O–H groups in total. The van der Waals surface area contributed by atoms with Crippen LogP contribution in [0.1, 0.15) is 20.3 Å². The highest BCUT2D eigenvalue weighted by Gasteiger charge is 2.27. The van der Waals surface area contributed by atoms with Gasteiger partial charge in [0.05, 0.1) is 19.8 Å². The van der Waals surface area contributed by atoms with Crippen molar-refractivity contribution in [2.45, 2.75) is 32.5 Å². The fourth-order valence-electron chi connectivity index (χ4n) is 2.27. The van der Waals surface area contributed by atoms with Gasteiger partial charge in [0.2, 0.25) is 0 Å². The molecule has 0 radical (unpaired) electrons. The molecule has 1 unspecified atom stereocenters. The Morgan fingerprint density at radius 3 is 2.62 bits per heavy atom. The van der Waals surface area contributed by atoms with Crippen molar-refractivity contribution in [3.05, 3.63) is 0 Å². The van der Waals surface area contributed by atoms with Gasteiger partial charge in [0, 0.05) is 38.8 Å². The lowest BCUT2D eigenvalue weighted by Gasteiger charge is -2.31. The molecule has 1 rings (SSSR count). The highest BCUT2D eigenvalue weighted by atomic mass is 19.4. The molecule has 0 saturated carbocycles. The first-order valence-corrected chi connectivity index (χ1v) is 8.41. The Morgan fingerprint density at radius 1 is 1.29 bits per heavy atom. The first kappa shape index (κ1) is 21.0. The Hall–Kier alpha value is -1.06. The van der Waals surface area contributed by atoms with Gasteiger partial charge in [0.25, 0.3) is 0 Å². The van der Waals surface area contributed by atoms with Crippen molar-refractivity contribution >= 4 is 5.96 Å². The zero-order chi connectivity index (χ0) is 17.8. The van der Waals surface area contributed by atoms with Gasteiger partial charge in [-0.2, -0.15) is 13.2 Å². The summed E-state index contributed by atoms with van der Waals surface area (Å²) < 4.78 is 45.7. The van der Waals surface area contributed by atoms with Crippen LogP contribution in [0, 0.1) is 0 Å². The van der Waals surface area contributed by atoms with Crippen LogP contribution in [-0.2, 0) is 9.47 Å². The second-order valence-electron chi connectivity index (χ2n) is 5.67. The molecule has 0 aliphatic carbocycles. The van der Waals surface area contributed by atoms with Crippen LogP contribution >= 0.6 is 0 Å². The van der Waals surface area contributed by atoms with E-state index in [4.69, 9.17) is 4.74 Å². The third kappa shape index (κ3) is 9.94. The second kappa shape index (κ2) is 11.5. The summed E-state index contributed by atoms with van der Waals surface area (Å²) in [5, 5.41) is 6.24. The maximum atomic E-state index is 11.9. The van der Waals surface area contributed by atoms with Gasteiger partial charge in [-0.1, -0.05) is 0 Å². The lowest BCUT2D eigenvalue weighted by atomic mass is 10.2. The summed E-state index contributed by atoms with van der Waals surface area (Å²) in [6.45, 7) is 8.19. The lowest BCUT2D eigenvalue weighted by molar-refractivity contribution is -0.173. The molecule has 1 atom stereocenters. The Balaban J connectivity index is 2.24. The number of alkyl halides is 3. The average molecular weight is 354 g/mol. The minimum Gasteiger partial charge on any atom is -0.379 e. The minimum atomic E-state index is -4.26. The van der Waals surface area contributed by atoms with Gasteiger partial charge in [-0.3, -0.25) is 9.89 Å². The van der Waals surface area contributed by atoms with Crippen molar-refractivity contribution in [2.75, 3.05) is 59.2 Å². The molecule has 1 heterocycles. The number of aliphatic imine (C=N–C) groups is 1. The van der Waals surface area contributed by atoms with Gasteiger partial charge < -0.3 is 20.1 Å². The van der Waals surface area contributed by atoms with Crippen LogP contribution in [-0.4, -0.2) is 82.2 Å². The van der Waals surface area contributed by atoms with Crippen LogP contribution < -0.4 is 10.6 Å². The largest absolute Gasteiger partial charge is 0.411 e. The van der Waals surface area contributed by atoms with Crippen molar-refractivity contribution < 1.29 is 22.6 Å². The number of hydrogen-bond donors (Lipinski definition) is 2. The Labute approximate surface area is 141 Å². The number of guanidine groups is 1. The van der Waals surface area contributed by atoms with Crippen molar-refractivity contribution in [1.82, 2.24) is 15.5 Å². The number of ether oxygens (including phenoxy) is 2. The fraction of sp³-hybridized carbons (Fsp3) is 0.933. The van der Waals surface area contributed by atoms with Gasteiger partial charge >= 0.3 is 6.18 Å². The van der Waals surface area contributed by atoms with Crippen LogP contribution in [0.2, 0.25) is 0 Å². The van der Waals surface area contributed by atoms with E-state index in [9.17, 15) is 13.2 Å². The van der Waals surface area contributed by atoms with Crippen LogP contribution in [0.4, 0.5) is 13.2 Å². The summed E-state index contributed by atoms with van der Waals surface area (Å²) in [6.07, 6.45) is -3.78. The summed E-state index contributed by atoms with van der Waals surface area (Å²) in [4.78, 5) is 6.87. The number of nitrogens with one attached hydrogen (secondary N) is 2.